The van der Waals surface area contributed by atoms with Crippen LogP contribution in [0.1, 0.15) is 71.4 Å². The zero-order valence-corrected chi connectivity index (χ0v) is 21.0. The second kappa shape index (κ2) is 18.4. The number of hydrogen-bond donors (Lipinski definition) is 1. The van der Waals surface area contributed by atoms with Crippen molar-refractivity contribution < 1.29 is 0 Å². The zero-order valence-electron chi connectivity index (χ0n) is 19.4. The van der Waals surface area contributed by atoms with Crippen molar-refractivity contribution in [1.82, 2.24) is 4.98 Å². The predicted octanol–water partition coefficient (Wildman–Crippen LogP) is 6.66. The van der Waals surface area contributed by atoms with Crippen molar-refractivity contribution in [3.05, 3.63) is 59.9 Å². The second-order valence-corrected chi connectivity index (χ2v) is 10.5. The molecule has 2 rings (SSSR count). The van der Waals surface area contributed by atoms with E-state index in [1.165, 1.54) is 36.8 Å². The molecule has 0 aliphatic carbocycles. The van der Waals surface area contributed by atoms with Gasteiger partial charge in [0.2, 0.25) is 0 Å². The van der Waals surface area contributed by atoms with E-state index in [1.54, 1.807) is 6.20 Å². The first kappa shape index (κ1) is 31.0. The molecule has 1 aromatic heterocycles. The summed E-state index contributed by atoms with van der Waals surface area (Å²) in [5.41, 5.74) is 8.99. The molecule has 1 heterocycles. The first-order valence-electron chi connectivity index (χ1n) is 10.9. The third-order valence-electron chi connectivity index (χ3n) is 4.33. The van der Waals surface area contributed by atoms with Crippen molar-refractivity contribution in [2.75, 3.05) is 12.3 Å². The summed E-state index contributed by atoms with van der Waals surface area (Å²) in [6.45, 7) is 11.9. The van der Waals surface area contributed by atoms with Crippen molar-refractivity contribution >= 4 is 71.3 Å². The van der Waals surface area contributed by atoms with Crippen molar-refractivity contribution in [2.24, 2.45) is 10.7 Å². The SMILES string of the molecule is CCCCN.CCCCS/C(=N/c1cccnc1)SCc1ccc(C(C)(C)C)cc1.[CaH2]. The Bertz CT molecular complexity index is 712. The van der Waals surface area contributed by atoms with Crippen LogP contribution in [-0.4, -0.2) is 59.4 Å². The Kier molecular flexibility index (Phi) is 18.4. The van der Waals surface area contributed by atoms with Crippen LogP contribution in [0.2, 0.25) is 0 Å². The van der Waals surface area contributed by atoms with E-state index in [0.29, 0.717) is 0 Å². The van der Waals surface area contributed by atoms with Crippen molar-refractivity contribution in [3.63, 3.8) is 0 Å². The van der Waals surface area contributed by atoms with Gasteiger partial charge in [0.25, 0.3) is 0 Å². The Hall–Kier alpha value is -0.0403. The summed E-state index contributed by atoms with van der Waals surface area (Å²) in [4.78, 5) is 8.94. The number of aliphatic imine (C=N–C) groups is 1. The molecule has 0 bridgehead atoms. The maximum atomic E-state index is 5.14. The number of nitrogens with zero attached hydrogens (tertiary/aromatic N) is 2. The topological polar surface area (TPSA) is 51.3 Å². The summed E-state index contributed by atoms with van der Waals surface area (Å²) in [6.07, 6.45) is 8.42. The van der Waals surface area contributed by atoms with E-state index < -0.39 is 0 Å². The van der Waals surface area contributed by atoms with E-state index >= 15 is 0 Å². The molecular formula is C25H41CaN3S2. The van der Waals surface area contributed by atoms with E-state index in [2.05, 4.69) is 63.9 Å². The molecular weight excluding hydrogens is 447 g/mol. The first-order valence-corrected chi connectivity index (χ1v) is 12.9. The molecule has 3 nitrogen and oxygen atoms in total. The third-order valence-corrected chi connectivity index (χ3v) is 6.68. The number of pyridine rings is 1. The average molecular weight is 488 g/mol. The van der Waals surface area contributed by atoms with E-state index in [1.807, 2.05) is 41.9 Å². The van der Waals surface area contributed by atoms with Gasteiger partial charge >= 0.3 is 37.7 Å². The Labute approximate surface area is 228 Å². The van der Waals surface area contributed by atoms with Crippen LogP contribution in [0.5, 0.6) is 0 Å². The molecule has 0 radical (unpaired) electrons. The standard InChI is InChI=1S/C21H28N2S2.C4H11N.Ca.2H/c1-5-6-14-24-20(23-19-8-7-13-22-15-19)25-16-17-9-11-18(12-10-17)21(2,3)4;1-2-3-4-5;;;/h7-13,15H,5-6,14,16H2,1-4H3;2-5H2,1H3;;;/b23-20-;;;;. The fourth-order valence-corrected chi connectivity index (χ4v) is 4.58. The zero-order chi connectivity index (χ0) is 22.2. The van der Waals surface area contributed by atoms with Gasteiger partial charge in [-0.3, -0.25) is 4.98 Å². The van der Waals surface area contributed by atoms with Crippen LogP contribution in [0.15, 0.2) is 53.8 Å². The number of thioether (sulfide) groups is 2. The number of nitrogens with two attached hydrogens (primary N) is 1. The summed E-state index contributed by atoms with van der Waals surface area (Å²) in [6, 6.07) is 12.9. The molecule has 1 aromatic carbocycles. The van der Waals surface area contributed by atoms with Crippen molar-refractivity contribution in [3.8, 4) is 0 Å². The van der Waals surface area contributed by atoms with Crippen LogP contribution in [0.3, 0.4) is 0 Å². The molecule has 2 N–H and O–H groups in total. The summed E-state index contributed by atoms with van der Waals surface area (Å²) in [7, 11) is 0. The Morgan fingerprint density at radius 2 is 1.68 bits per heavy atom. The van der Waals surface area contributed by atoms with E-state index in [9.17, 15) is 0 Å². The van der Waals surface area contributed by atoms with E-state index in [0.717, 1.165) is 28.1 Å². The molecule has 2 aromatic rings. The van der Waals surface area contributed by atoms with E-state index in [4.69, 9.17) is 10.7 Å². The molecule has 0 saturated carbocycles. The van der Waals surface area contributed by atoms with Crippen molar-refractivity contribution in [2.45, 2.75) is 71.5 Å². The van der Waals surface area contributed by atoms with Crippen LogP contribution in [-0.2, 0) is 11.2 Å². The minimum absolute atomic E-state index is 0. The molecule has 0 amide bonds. The van der Waals surface area contributed by atoms with Gasteiger partial charge < -0.3 is 5.73 Å². The molecule has 0 aliphatic rings. The van der Waals surface area contributed by atoms with Crippen LogP contribution in [0.25, 0.3) is 0 Å². The minimum atomic E-state index is 0. The van der Waals surface area contributed by atoms with Crippen LogP contribution in [0.4, 0.5) is 5.69 Å². The average Bonchev–Trinajstić information content (AvgIpc) is 2.73. The monoisotopic (exact) mass is 487 g/mol. The van der Waals surface area contributed by atoms with Crippen LogP contribution < -0.4 is 5.73 Å². The van der Waals surface area contributed by atoms with Gasteiger partial charge in [-0.15, -0.1) is 0 Å². The van der Waals surface area contributed by atoms with Gasteiger partial charge in [0.1, 0.15) is 4.38 Å². The summed E-state index contributed by atoms with van der Waals surface area (Å²) in [5, 5.41) is 0. The normalized spacial score (nSPS) is 11.4. The van der Waals surface area contributed by atoms with Gasteiger partial charge in [-0.1, -0.05) is 95.2 Å². The molecule has 170 valence electrons. The number of aromatic nitrogens is 1. The molecule has 0 unspecified atom stereocenters. The van der Waals surface area contributed by atoms with Crippen LogP contribution >= 0.6 is 23.5 Å². The van der Waals surface area contributed by atoms with Gasteiger partial charge in [0.15, 0.2) is 0 Å². The molecule has 0 saturated heterocycles. The number of unbranched alkanes of at least 4 members (excludes halogenated alkanes) is 2. The molecule has 0 atom stereocenters. The quantitative estimate of drug-likeness (QED) is 0.196. The predicted molar refractivity (Wildman–Crippen MR) is 148 cm³/mol. The van der Waals surface area contributed by atoms with Gasteiger partial charge in [-0.25, -0.2) is 4.99 Å². The Morgan fingerprint density at radius 3 is 2.16 bits per heavy atom. The Balaban J connectivity index is 0.00000135. The van der Waals surface area contributed by atoms with Gasteiger partial charge in [-0.05, 0) is 53.8 Å². The maximum absolute atomic E-state index is 5.14. The Morgan fingerprint density at radius 1 is 1.00 bits per heavy atom. The van der Waals surface area contributed by atoms with Gasteiger partial charge in [-0.2, -0.15) is 0 Å². The molecule has 31 heavy (non-hydrogen) atoms. The number of hydrogen-bond acceptors (Lipinski definition) is 5. The van der Waals surface area contributed by atoms with Crippen LogP contribution in [0, 0.1) is 0 Å². The molecule has 6 heteroatoms. The molecule has 0 aliphatic heterocycles. The number of rotatable bonds is 8. The fraction of sp³-hybridized carbons (Fsp3) is 0.520. The number of benzene rings is 1. The van der Waals surface area contributed by atoms with Gasteiger partial charge in [0.05, 0.1) is 11.9 Å². The molecule has 0 spiro atoms. The summed E-state index contributed by atoms with van der Waals surface area (Å²) >= 11 is 3.67. The first-order chi connectivity index (χ1) is 14.4. The molecule has 0 fully saturated rings. The van der Waals surface area contributed by atoms with Gasteiger partial charge in [0, 0.05) is 11.9 Å². The third kappa shape index (κ3) is 14.7. The summed E-state index contributed by atoms with van der Waals surface area (Å²) in [5.74, 6) is 2.06. The summed E-state index contributed by atoms with van der Waals surface area (Å²) < 4.78 is 1.13. The van der Waals surface area contributed by atoms with E-state index in [-0.39, 0.29) is 43.2 Å². The van der Waals surface area contributed by atoms with Crippen molar-refractivity contribution in [1.29, 1.82) is 0 Å². The second-order valence-electron chi connectivity index (χ2n) is 8.17. The fourth-order valence-electron chi connectivity index (χ4n) is 2.39.